The summed E-state index contributed by atoms with van der Waals surface area (Å²) in [5.74, 6) is 0.0185. The van der Waals surface area contributed by atoms with Crippen molar-refractivity contribution in [2.24, 2.45) is 5.92 Å². The summed E-state index contributed by atoms with van der Waals surface area (Å²) in [7, 11) is 5.18. The van der Waals surface area contributed by atoms with Gasteiger partial charge in [0.15, 0.2) is 0 Å². The number of hydrogen-bond acceptors (Lipinski definition) is 6. The number of hydrogen-bond donors (Lipinski definition) is 2. The Morgan fingerprint density at radius 3 is 2.65 bits per heavy atom. The van der Waals surface area contributed by atoms with E-state index in [0.717, 1.165) is 55.1 Å². The molecule has 9 heteroatoms. The molecular weight excluding hydrogens is 434 g/mol. The molecule has 0 bridgehead atoms. The smallest absolute Gasteiger partial charge is 0.379 e. The van der Waals surface area contributed by atoms with Crippen LogP contribution in [0, 0.1) is 11.1 Å². The highest BCUT2D eigenvalue weighted by molar-refractivity contribution is 6.05. The molecule has 0 aliphatic heterocycles. The largest absolute Gasteiger partial charge is 0.615 e. The Hall–Kier alpha value is -3.33. The first-order valence-electron chi connectivity index (χ1n) is 11.8. The Kier molecular flexibility index (Phi) is 5.59. The monoisotopic (exact) mass is 465 g/mol. The van der Waals surface area contributed by atoms with E-state index >= 15 is 0 Å². The second-order valence-electron chi connectivity index (χ2n) is 9.74. The van der Waals surface area contributed by atoms with Crippen LogP contribution in [0.3, 0.4) is 0 Å². The molecule has 2 heterocycles. The molecule has 5 rings (SSSR count). The third-order valence-corrected chi connectivity index (χ3v) is 7.26. The summed E-state index contributed by atoms with van der Waals surface area (Å²) in [6.07, 6.45) is 7.76. The zero-order valence-electron chi connectivity index (χ0n) is 19.8. The van der Waals surface area contributed by atoms with Crippen molar-refractivity contribution in [2.45, 2.75) is 50.2 Å². The molecule has 2 fully saturated rings. The maximum Gasteiger partial charge on any atom is 0.379 e. The number of benzene rings is 1. The molecule has 0 saturated heterocycles. The number of fused-ring (bicyclic) bond motifs is 1. The lowest BCUT2D eigenvalue weighted by atomic mass is 9.79. The highest BCUT2D eigenvalue weighted by Crippen LogP contribution is 2.49. The number of nitrogens with one attached hydrogen (secondary N) is 1. The Morgan fingerprint density at radius 2 is 2.00 bits per heavy atom. The van der Waals surface area contributed by atoms with Crippen molar-refractivity contribution in [1.82, 2.24) is 9.78 Å². The van der Waals surface area contributed by atoms with Crippen molar-refractivity contribution in [1.29, 1.82) is 0 Å². The van der Waals surface area contributed by atoms with E-state index in [9.17, 15) is 15.1 Å². The van der Waals surface area contributed by atoms with Crippen molar-refractivity contribution >= 4 is 28.2 Å². The van der Waals surface area contributed by atoms with Gasteiger partial charge in [-0.25, -0.2) is 0 Å². The van der Waals surface area contributed by atoms with Crippen LogP contribution in [0.5, 0.6) is 5.88 Å². The summed E-state index contributed by atoms with van der Waals surface area (Å²) in [6.45, 7) is 0. The fourth-order valence-electron chi connectivity index (χ4n) is 5.11. The molecule has 0 spiro atoms. The van der Waals surface area contributed by atoms with Gasteiger partial charge in [-0.2, -0.15) is 5.10 Å². The SMILES string of the molecule is COc1cccc(C(=O)Nc2cc3cn(C4CCC(O)(C5CC5)CC4)nc3cc2N(C)C)[n+]1[O-]. The fraction of sp³-hybridized carbons (Fsp3) is 0.480. The molecule has 2 aliphatic carbocycles. The van der Waals surface area contributed by atoms with Crippen molar-refractivity contribution < 1.29 is 19.4 Å². The number of carbonyl (C=O) groups is 1. The molecule has 2 N–H and O–H groups in total. The van der Waals surface area contributed by atoms with Crippen molar-refractivity contribution in [3.8, 4) is 5.88 Å². The van der Waals surface area contributed by atoms with Gasteiger partial charge >= 0.3 is 11.8 Å². The van der Waals surface area contributed by atoms with Crippen LogP contribution in [0.25, 0.3) is 10.9 Å². The normalized spacial score (nSPS) is 22.5. The minimum atomic E-state index is -0.518. The van der Waals surface area contributed by atoms with Crippen molar-refractivity contribution in [3.63, 3.8) is 0 Å². The minimum absolute atomic E-state index is 0.0507. The number of anilines is 2. The number of carbonyl (C=O) groups excluding carboxylic acids is 1. The van der Waals surface area contributed by atoms with Gasteiger partial charge in [-0.15, -0.1) is 4.73 Å². The Labute approximate surface area is 198 Å². The second-order valence-corrected chi connectivity index (χ2v) is 9.74. The average Bonchev–Trinajstić information content (AvgIpc) is 3.60. The molecule has 3 aromatic rings. The quantitative estimate of drug-likeness (QED) is 0.428. The van der Waals surface area contributed by atoms with Crippen LogP contribution in [0.4, 0.5) is 11.4 Å². The summed E-state index contributed by atoms with van der Waals surface area (Å²) in [5.41, 5.74) is 1.68. The van der Waals surface area contributed by atoms with Crippen LogP contribution in [-0.4, -0.2) is 47.6 Å². The molecule has 0 atom stereocenters. The van der Waals surface area contributed by atoms with Gasteiger partial charge in [0.2, 0.25) is 0 Å². The summed E-state index contributed by atoms with van der Waals surface area (Å²) < 4.78 is 7.52. The van der Waals surface area contributed by atoms with E-state index in [1.54, 1.807) is 6.07 Å². The molecule has 1 amide bonds. The van der Waals surface area contributed by atoms with E-state index in [4.69, 9.17) is 9.84 Å². The van der Waals surface area contributed by atoms with Crippen LogP contribution in [-0.2, 0) is 0 Å². The first kappa shape index (κ1) is 22.5. The minimum Gasteiger partial charge on any atom is -0.615 e. The molecule has 34 heavy (non-hydrogen) atoms. The highest BCUT2D eigenvalue weighted by Gasteiger charge is 2.45. The van der Waals surface area contributed by atoms with E-state index in [2.05, 4.69) is 5.32 Å². The van der Waals surface area contributed by atoms with Crippen molar-refractivity contribution in [2.75, 3.05) is 31.4 Å². The van der Waals surface area contributed by atoms with Gasteiger partial charge in [0.25, 0.3) is 5.69 Å². The van der Waals surface area contributed by atoms with Crippen LogP contribution >= 0.6 is 0 Å². The Bertz CT molecular complexity index is 1230. The summed E-state index contributed by atoms with van der Waals surface area (Å²) in [4.78, 5) is 14.8. The number of aromatic nitrogens is 3. The van der Waals surface area contributed by atoms with E-state index in [1.807, 2.05) is 42.0 Å². The summed E-state index contributed by atoms with van der Waals surface area (Å²) in [6, 6.07) is 8.67. The third kappa shape index (κ3) is 4.04. The molecule has 2 aliphatic rings. The molecule has 0 unspecified atom stereocenters. The van der Waals surface area contributed by atoms with E-state index in [1.165, 1.54) is 19.2 Å². The summed E-state index contributed by atoms with van der Waals surface area (Å²) >= 11 is 0. The molecular formula is C25H31N5O4. The lowest BCUT2D eigenvalue weighted by Crippen LogP contribution is -2.38. The van der Waals surface area contributed by atoms with Gasteiger partial charge in [0, 0.05) is 31.7 Å². The standard InChI is InChI=1S/C25H31N5O4/c1-28(2)22-14-19-16(13-20(22)26-24(31)21-5-4-6-23(34-3)30(21)33)15-29(27-19)18-9-11-25(32,12-10-18)17-7-8-17/h4-6,13-15,17-18,32H,7-12H2,1-3H3,(H,26,31). The van der Waals surface area contributed by atoms with Crippen LogP contribution in [0.1, 0.15) is 55.1 Å². The van der Waals surface area contributed by atoms with Gasteiger partial charge < -0.3 is 25.3 Å². The Morgan fingerprint density at radius 1 is 1.26 bits per heavy atom. The van der Waals surface area contributed by atoms with Crippen molar-refractivity contribution in [3.05, 3.63) is 47.4 Å². The van der Waals surface area contributed by atoms with Gasteiger partial charge in [-0.3, -0.25) is 9.48 Å². The highest BCUT2D eigenvalue weighted by atomic mass is 16.5. The van der Waals surface area contributed by atoms with Gasteiger partial charge in [-0.05, 0) is 62.6 Å². The lowest BCUT2D eigenvalue weighted by molar-refractivity contribution is -0.614. The number of amides is 1. The van der Waals surface area contributed by atoms with Gasteiger partial charge in [-0.1, -0.05) is 0 Å². The molecule has 180 valence electrons. The number of aliphatic hydroxyl groups is 1. The lowest BCUT2D eigenvalue weighted by Gasteiger charge is -2.36. The zero-order valence-corrected chi connectivity index (χ0v) is 19.8. The zero-order chi connectivity index (χ0) is 24.0. The van der Waals surface area contributed by atoms with Crippen LogP contribution in [0.15, 0.2) is 36.5 Å². The number of methoxy groups -OCH3 is 1. The predicted molar refractivity (Wildman–Crippen MR) is 129 cm³/mol. The number of nitrogens with zero attached hydrogens (tertiary/aromatic N) is 4. The van der Waals surface area contributed by atoms with Gasteiger partial charge in [0.1, 0.15) is 0 Å². The van der Waals surface area contributed by atoms with Gasteiger partial charge in [0.05, 0.1) is 41.7 Å². The fourth-order valence-corrected chi connectivity index (χ4v) is 5.11. The maximum absolute atomic E-state index is 12.9. The molecule has 0 radical (unpaired) electrons. The predicted octanol–water partition coefficient (Wildman–Crippen LogP) is 3.25. The number of ether oxygens (including phenoxy) is 1. The summed E-state index contributed by atoms with van der Waals surface area (Å²) in [5, 5.41) is 31.9. The van der Waals surface area contributed by atoms with E-state index in [0.29, 0.717) is 16.3 Å². The third-order valence-electron chi connectivity index (χ3n) is 7.26. The first-order valence-corrected chi connectivity index (χ1v) is 11.8. The Balaban J connectivity index is 1.41. The molecule has 2 aromatic heterocycles. The molecule has 9 nitrogen and oxygen atoms in total. The van der Waals surface area contributed by atoms with E-state index < -0.39 is 11.5 Å². The molecule has 1 aromatic carbocycles. The average molecular weight is 466 g/mol. The first-order chi connectivity index (χ1) is 16.3. The topological polar surface area (TPSA) is 107 Å². The maximum atomic E-state index is 12.9. The van der Waals surface area contributed by atoms with Crippen LogP contribution < -0.4 is 19.7 Å². The van der Waals surface area contributed by atoms with E-state index in [-0.39, 0.29) is 17.6 Å². The number of pyridine rings is 1. The number of rotatable bonds is 6. The molecule has 2 saturated carbocycles. The second kappa shape index (κ2) is 8.47. The van der Waals surface area contributed by atoms with Crippen LogP contribution in [0.2, 0.25) is 0 Å².